The number of methoxy groups -OCH3 is 2. The van der Waals surface area contributed by atoms with Crippen molar-refractivity contribution in [3.8, 4) is 17.2 Å². The molecule has 3 aromatic rings. The lowest BCUT2D eigenvalue weighted by atomic mass is 9.87. The number of nitrogens with one attached hydrogen (secondary N) is 2. The number of aliphatic hydroxyl groups excluding tert-OH is 1. The van der Waals surface area contributed by atoms with E-state index in [1.54, 1.807) is 20.3 Å². The molecule has 3 rings (SSSR count). The Morgan fingerprint density at radius 3 is 1.89 bits per heavy atom. The zero-order chi connectivity index (χ0) is 26.1. The normalized spacial score (nSPS) is 12.4. The minimum Gasteiger partial charge on any atom is -0.506 e. The molecule has 0 aromatic heterocycles. The van der Waals surface area contributed by atoms with Gasteiger partial charge < -0.3 is 25.0 Å². The molecule has 0 bridgehead atoms. The van der Waals surface area contributed by atoms with Gasteiger partial charge in [0, 0.05) is 12.5 Å². The number of hydrogen-bond donors (Lipinski definition) is 4. The van der Waals surface area contributed by atoms with Crippen molar-refractivity contribution in [2.75, 3.05) is 38.3 Å². The molecule has 3 aromatic carbocycles. The number of phenolic OH excluding ortho intramolecular Hbond substituents is 1. The first-order valence-corrected chi connectivity index (χ1v) is 13.6. The summed E-state index contributed by atoms with van der Waals surface area (Å²) < 4.78 is 35.8. The highest BCUT2D eigenvalue weighted by atomic mass is 32.2. The molecular weight excluding hydrogens is 480 g/mol. The van der Waals surface area contributed by atoms with Crippen molar-refractivity contribution in [2.24, 2.45) is 0 Å². The Hall–Kier alpha value is -3.27. The maximum absolute atomic E-state index is 11.5. The predicted octanol–water partition coefficient (Wildman–Crippen LogP) is 4.02. The van der Waals surface area contributed by atoms with Gasteiger partial charge in [0.2, 0.25) is 10.0 Å². The smallest absolute Gasteiger partial charge is 0.229 e. The van der Waals surface area contributed by atoms with E-state index in [2.05, 4.69) is 34.3 Å². The fourth-order valence-corrected chi connectivity index (χ4v) is 4.59. The third-order valence-corrected chi connectivity index (χ3v) is 6.51. The molecule has 0 radical (unpaired) electrons. The van der Waals surface area contributed by atoms with Crippen molar-refractivity contribution >= 4 is 15.7 Å². The van der Waals surface area contributed by atoms with Crippen LogP contribution < -0.4 is 19.5 Å². The third-order valence-electron chi connectivity index (χ3n) is 5.92. The summed E-state index contributed by atoms with van der Waals surface area (Å²) in [5.41, 5.74) is 2.92. The number of anilines is 1. The van der Waals surface area contributed by atoms with Gasteiger partial charge in [-0.3, -0.25) is 4.72 Å². The lowest BCUT2D eigenvalue weighted by molar-refractivity contribution is 0.174. The molecule has 0 fully saturated rings. The van der Waals surface area contributed by atoms with Gasteiger partial charge in [-0.2, -0.15) is 0 Å². The highest BCUT2D eigenvalue weighted by Crippen LogP contribution is 2.32. The van der Waals surface area contributed by atoms with Crippen molar-refractivity contribution in [2.45, 2.75) is 24.9 Å². The number of ether oxygens (including phenoxy) is 2. The van der Waals surface area contributed by atoms with E-state index in [0.29, 0.717) is 18.7 Å². The highest BCUT2D eigenvalue weighted by molar-refractivity contribution is 7.92. The van der Waals surface area contributed by atoms with E-state index < -0.39 is 16.1 Å². The number of aromatic hydroxyl groups is 1. The Morgan fingerprint density at radius 1 is 0.861 bits per heavy atom. The fraction of sp³-hybridized carbons (Fsp3) is 0.333. The predicted molar refractivity (Wildman–Crippen MR) is 141 cm³/mol. The van der Waals surface area contributed by atoms with Gasteiger partial charge in [0.1, 0.15) is 17.2 Å². The SMILES string of the molecule is COc1ccc(C(CCCNCC(O)c2ccc(O)c(NS(C)(=O)=O)c2)c2ccc(OC)cc2)cc1. The summed E-state index contributed by atoms with van der Waals surface area (Å²) in [4.78, 5) is 0. The van der Waals surface area contributed by atoms with Gasteiger partial charge in [0.25, 0.3) is 0 Å². The van der Waals surface area contributed by atoms with Crippen LogP contribution in [0.15, 0.2) is 66.7 Å². The first-order valence-electron chi connectivity index (χ1n) is 11.7. The van der Waals surface area contributed by atoms with Crippen molar-refractivity contribution in [3.05, 3.63) is 83.4 Å². The summed E-state index contributed by atoms with van der Waals surface area (Å²) >= 11 is 0. The van der Waals surface area contributed by atoms with Crippen LogP contribution in [0.2, 0.25) is 0 Å². The van der Waals surface area contributed by atoms with Crippen LogP contribution in [0, 0.1) is 0 Å². The van der Waals surface area contributed by atoms with Crippen LogP contribution in [-0.2, 0) is 10.0 Å². The fourth-order valence-electron chi connectivity index (χ4n) is 4.03. The van der Waals surface area contributed by atoms with Crippen LogP contribution in [-0.4, -0.2) is 52.2 Å². The first kappa shape index (κ1) is 27.3. The molecule has 194 valence electrons. The Bertz CT molecular complexity index is 1170. The van der Waals surface area contributed by atoms with Gasteiger partial charge in [-0.05, 0) is 72.5 Å². The number of hydrogen-bond acceptors (Lipinski definition) is 7. The average Bonchev–Trinajstić information content (AvgIpc) is 2.87. The number of aliphatic hydroxyl groups is 1. The molecule has 4 N–H and O–H groups in total. The van der Waals surface area contributed by atoms with E-state index in [9.17, 15) is 18.6 Å². The molecule has 0 heterocycles. The number of rotatable bonds is 13. The molecule has 0 amide bonds. The van der Waals surface area contributed by atoms with Gasteiger partial charge >= 0.3 is 0 Å². The largest absolute Gasteiger partial charge is 0.506 e. The Morgan fingerprint density at radius 2 is 1.39 bits per heavy atom. The number of phenols is 1. The van der Waals surface area contributed by atoms with Gasteiger partial charge in [0.15, 0.2) is 0 Å². The Balaban J connectivity index is 1.59. The molecule has 9 heteroatoms. The second kappa shape index (κ2) is 12.6. The van der Waals surface area contributed by atoms with E-state index >= 15 is 0 Å². The van der Waals surface area contributed by atoms with Crippen LogP contribution in [0.1, 0.15) is 41.6 Å². The molecule has 0 saturated heterocycles. The van der Waals surface area contributed by atoms with Crippen molar-refractivity contribution < 1.29 is 28.1 Å². The zero-order valence-electron chi connectivity index (χ0n) is 20.8. The Labute approximate surface area is 213 Å². The molecule has 0 aliphatic carbocycles. The molecule has 0 aliphatic rings. The number of sulfonamides is 1. The lowest BCUT2D eigenvalue weighted by Crippen LogP contribution is -2.23. The molecule has 1 atom stereocenters. The van der Waals surface area contributed by atoms with Crippen LogP contribution in [0.4, 0.5) is 5.69 Å². The maximum Gasteiger partial charge on any atom is 0.229 e. The van der Waals surface area contributed by atoms with Gasteiger partial charge in [-0.1, -0.05) is 30.3 Å². The minimum absolute atomic E-state index is 0.0378. The van der Waals surface area contributed by atoms with E-state index in [1.165, 1.54) is 23.3 Å². The zero-order valence-corrected chi connectivity index (χ0v) is 21.6. The van der Waals surface area contributed by atoms with Crippen LogP contribution in [0.3, 0.4) is 0 Å². The molecule has 1 unspecified atom stereocenters. The molecule has 0 saturated carbocycles. The number of benzene rings is 3. The molecule has 0 aliphatic heterocycles. The second-order valence-corrected chi connectivity index (χ2v) is 10.4. The monoisotopic (exact) mass is 514 g/mol. The molecule has 0 spiro atoms. The van der Waals surface area contributed by atoms with Gasteiger partial charge in [-0.25, -0.2) is 8.42 Å². The Kier molecular flexibility index (Phi) is 9.58. The van der Waals surface area contributed by atoms with Gasteiger partial charge in [-0.15, -0.1) is 0 Å². The molecule has 8 nitrogen and oxygen atoms in total. The average molecular weight is 515 g/mol. The van der Waals surface area contributed by atoms with Crippen LogP contribution >= 0.6 is 0 Å². The van der Waals surface area contributed by atoms with E-state index in [0.717, 1.165) is 30.6 Å². The molecular formula is C27H34N2O6S. The maximum atomic E-state index is 11.5. The van der Waals surface area contributed by atoms with Crippen molar-refractivity contribution in [3.63, 3.8) is 0 Å². The van der Waals surface area contributed by atoms with E-state index in [1.807, 2.05) is 24.3 Å². The van der Waals surface area contributed by atoms with Crippen LogP contribution in [0.25, 0.3) is 0 Å². The summed E-state index contributed by atoms with van der Waals surface area (Å²) in [6.45, 7) is 0.977. The summed E-state index contributed by atoms with van der Waals surface area (Å²) in [5.74, 6) is 1.61. The quantitative estimate of drug-likeness (QED) is 0.201. The molecule has 36 heavy (non-hydrogen) atoms. The standard InChI is InChI=1S/C27H34N2O6S/c1-34-22-11-6-19(7-12-22)24(20-8-13-23(35-2)14-9-20)5-4-16-28-18-27(31)21-10-15-26(30)25(17-21)29-36(3,32)33/h6-15,17,24,27-31H,4-5,16,18H2,1-3H3. The topological polar surface area (TPSA) is 117 Å². The van der Waals surface area contributed by atoms with E-state index in [-0.39, 0.29) is 17.4 Å². The van der Waals surface area contributed by atoms with Crippen molar-refractivity contribution in [1.82, 2.24) is 5.32 Å². The van der Waals surface area contributed by atoms with Crippen LogP contribution in [0.5, 0.6) is 17.2 Å². The third kappa shape index (κ3) is 7.87. The lowest BCUT2D eigenvalue weighted by Gasteiger charge is -2.20. The van der Waals surface area contributed by atoms with Gasteiger partial charge in [0.05, 0.1) is 32.3 Å². The summed E-state index contributed by atoms with van der Waals surface area (Å²) in [6, 6.07) is 20.5. The summed E-state index contributed by atoms with van der Waals surface area (Å²) in [6.07, 6.45) is 1.90. The summed E-state index contributed by atoms with van der Waals surface area (Å²) in [7, 11) is -0.250. The summed E-state index contributed by atoms with van der Waals surface area (Å²) in [5, 5.41) is 23.7. The highest BCUT2D eigenvalue weighted by Gasteiger charge is 2.16. The van der Waals surface area contributed by atoms with Crippen molar-refractivity contribution in [1.29, 1.82) is 0 Å². The minimum atomic E-state index is -3.55. The van der Waals surface area contributed by atoms with E-state index in [4.69, 9.17) is 9.47 Å². The second-order valence-electron chi connectivity index (χ2n) is 8.61. The first-order chi connectivity index (χ1) is 17.2.